The van der Waals surface area contributed by atoms with Gasteiger partial charge in [-0.05, 0) is 26.0 Å². The van der Waals surface area contributed by atoms with Gasteiger partial charge < -0.3 is 15.0 Å². The fourth-order valence-electron chi connectivity index (χ4n) is 1.58. The van der Waals surface area contributed by atoms with Crippen molar-refractivity contribution >= 4 is 17.6 Å². The predicted molar refractivity (Wildman–Crippen MR) is 72.0 cm³/mol. The van der Waals surface area contributed by atoms with Gasteiger partial charge in [0, 0.05) is 25.0 Å². The Morgan fingerprint density at radius 2 is 2.05 bits per heavy atom. The lowest BCUT2D eigenvalue weighted by Gasteiger charge is -2.18. The third kappa shape index (κ3) is 4.24. The lowest BCUT2D eigenvalue weighted by atomic mass is 10.2. The minimum absolute atomic E-state index is 0.0550. The van der Waals surface area contributed by atoms with Gasteiger partial charge in [-0.2, -0.15) is 0 Å². The zero-order valence-corrected chi connectivity index (χ0v) is 11.5. The number of rotatable bonds is 6. The summed E-state index contributed by atoms with van der Waals surface area (Å²) in [6, 6.07) is 3.32. The van der Waals surface area contributed by atoms with E-state index < -0.39 is 0 Å². The van der Waals surface area contributed by atoms with Crippen LogP contribution in [-0.4, -0.2) is 48.5 Å². The van der Waals surface area contributed by atoms with Crippen molar-refractivity contribution in [3.05, 3.63) is 24.0 Å². The SMILES string of the molecule is CCN(CC)C(=O)c1cc(NCC(=O)OC)ccn1. The summed E-state index contributed by atoms with van der Waals surface area (Å²) in [4.78, 5) is 28.9. The van der Waals surface area contributed by atoms with Gasteiger partial charge in [0.25, 0.3) is 5.91 Å². The van der Waals surface area contributed by atoms with Gasteiger partial charge in [0.1, 0.15) is 12.2 Å². The molecule has 0 radical (unpaired) electrons. The Bertz CT molecular complexity index is 445. The topological polar surface area (TPSA) is 71.5 Å². The first kappa shape index (κ1) is 14.9. The Morgan fingerprint density at radius 3 is 2.63 bits per heavy atom. The first-order valence-electron chi connectivity index (χ1n) is 6.18. The molecule has 6 nitrogen and oxygen atoms in total. The zero-order chi connectivity index (χ0) is 14.3. The molecule has 1 rings (SSSR count). The Balaban J connectivity index is 2.76. The second-order valence-corrected chi connectivity index (χ2v) is 3.84. The molecule has 1 aromatic rings. The quantitative estimate of drug-likeness (QED) is 0.781. The molecule has 0 fully saturated rings. The van der Waals surface area contributed by atoms with Crippen LogP contribution in [0.1, 0.15) is 24.3 Å². The number of carbonyl (C=O) groups excluding carboxylic acids is 2. The maximum atomic E-state index is 12.1. The molecule has 0 spiro atoms. The normalized spacial score (nSPS) is 9.84. The smallest absolute Gasteiger partial charge is 0.325 e. The van der Waals surface area contributed by atoms with Crippen molar-refractivity contribution in [3.63, 3.8) is 0 Å². The molecule has 0 aliphatic rings. The van der Waals surface area contributed by atoms with Crippen molar-refractivity contribution in [3.8, 4) is 0 Å². The van der Waals surface area contributed by atoms with E-state index in [1.807, 2.05) is 13.8 Å². The van der Waals surface area contributed by atoms with Crippen LogP contribution in [0.15, 0.2) is 18.3 Å². The number of amides is 1. The van der Waals surface area contributed by atoms with Gasteiger partial charge in [0.15, 0.2) is 0 Å². The molecule has 1 heterocycles. The predicted octanol–water partition coefficient (Wildman–Crippen LogP) is 1.15. The van der Waals surface area contributed by atoms with Gasteiger partial charge in [-0.3, -0.25) is 14.6 Å². The number of anilines is 1. The van der Waals surface area contributed by atoms with Crippen LogP contribution in [0.3, 0.4) is 0 Å². The first-order valence-corrected chi connectivity index (χ1v) is 6.18. The van der Waals surface area contributed by atoms with E-state index in [1.54, 1.807) is 17.0 Å². The van der Waals surface area contributed by atoms with E-state index in [9.17, 15) is 9.59 Å². The average Bonchev–Trinajstić information content (AvgIpc) is 2.46. The largest absolute Gasteiger partial charge is 0.468 e. The van der Waals surface area contributed by atoms with Crippen molar-refractivity contribution in [2.45, 2.75) is 13.8 Å². The number of ether oxygens (including phenoxy) is 1. The molecule has 0 aromatic carbocycles. The third-order valence-corrected chi connectivity index (χ3v) is 2.69. The van der Waals surface area contributed by atoms with Crippen molar-refractivity contribution in [2.75, 3.05) is 32.1 Å². The van der Waals surface area contributed by atoms with Crippen LogP contribution in [-0.2, 0) is 9.53 Å². The van der Waals surface area contributed by atoms with Gasteiger partial charge in [-0.25, -0.2) is 0 Å². The fraction of sp³-hybridized carbons (Fsp3) is 0.462. The Morgan fingerprint density at radius 1 is 1.37 bits per heavy atom. The molecule has 0 saturated heterocycles. The van der Waals surface area contributed by atoms with Crippen LogP contribution in [0, 0.1) is 0 Å². The number of esters is 1. The van der Waals surface area contributed by atoms with Gasteiger partial charge in [0.2, 0.25) is 0 Å². The zero-order valence-electron chi connectivity index (χ0n) is 11.5. The molecule has 0 bridgehead atoms. The van der Waals surface area contributed by atoms with E-state index in [4.69, 9.17) is 0 Å². The highest BCUT2D eigenvalue weighted by Crippen LogP contribution is 2.10. The van der Waals surface area contributed by atoms with Crippen molar-refractivity contribution in [1.82, 2.24) is 9.88 Å². The molecular formula is C13H19N3O3. The van der Waals surface area contributed by atoms with Crippen LogP contribution >= 0.6 is 0 Å². The lowest BCUT2D eigenvalue weighted by Crippen LogP contribution is -2.31. The van der Waals surface area contributed by atoms with E-state index in [2.05, 4.69) is 15.0 Å². The summed E-state index contributed by atoms with van der Waals surface area (Å²) in [6.07, 6.45) is 1.54. The summed E-state index contributed by atoms with van der Waals surface area (Å²) in [6.45, 7) is 5.16. The van der Waals surface area contributed by atoms with Crippen LogP contribution in [0.25, 0.3) is 0 Å². The number of pyridine rings is 1. The number of nitrogens with zero attached hydrogens (tertiary/aromatic N) is 2. The summed E-state index contributed by atoms with van der Waals surface area (Å²) < 4.78 is 4.53. The van der Waals surface area contributed by atoms with E-state index in [-0.39, 0.29) is 18.4 Å². The summed E-state index contributed by atoms with van der Waals surface area (Å²) in [5.41, 5.74) is 1.02. The molecule has 0 atom stereocenters. The number of aromatic nitrogens is 1. The van der Waals surface area contributed by atoms with Gasteiger partial charge in [-0.1, -0.05) is 0 Å². The van der Waals surface area contributed by atoms with Crippen LogP contribution in [0.4, 0.5) is 5.69 Å². The van der Waals surface area contributed by atoms with Gasteiger partial charge in [0.05, 0.1) is 7.11 Å². The highest BCUT2D eigenvalue weighted by atomic mass is 16.5. The number of nitrogens with one attached hydrogen (secondary N) is 1. The van der Waals surface area contributed by atoms with Crippen LogP contribution in [0.2, 0.25) is 0 Å². The summed E-state index contributed by atoms with van der Waals surface area (Å²) in [7, 11) is 1.33. The van der Waals surface area contributed by atoms with E-state index in [1.165, 1.54) is 13.3 Å². The molecule has 19 heavy (non-hydrogen) atoms. The molecule has 1 aromatic heterocycles. The van der Waals surface area contributed by atoms with Gasteiger partial charge in [-0.15, -0.1) is 0 Å². The summed E-state index contributed by atoms with van der Waals surface area (Å²) >= 11 is 0. The Kier molecular flexibility index (Phi) is 5.78. The summed E-state index contributed by atoms with van der Waals surface area (Å²) in [5.74, 6) is -0.486. The standard InChI is InChI=1S/C13H19N3O3/c1-4-16(5-2)13(18)11-8-10(6-7-14-11)15-9-12(17)19-3/h6-8H,4-5,9H2,1-3H3,(H,14,15). The summed E-state index contributed by atoms with van der Waals surface area (Å²) in [5, 5.41) is 2.88. The number of carbonyl (C=O) groups is 2. The third-order valence-electron chi connectivity index (χ3n) is 2.69. The Labute approximate surface area is 112 Å². The van der Waals surface area contributed by atoms with Crippen LogP contribution in [0.5, 0.6) is 0 Å². The maximum Gasteiger partial charge on any atom is 0.325 e. The van der Waals surface area contributed by atoms with Crippen molar-refractivity contribution in [2.24, 2.45) is 0 Å². The lowest BCUT2D eigenvalue weighted by molar-refractivity contribution is -0.138. The molecule has 0 saturated carbocycles. The second kappa shape index (κ2) is 7.35. The molecular weight excluding hydrogens is 246 g/mol. The van der Waals surface area contributed by atoms with E-state index >= 15 is 0 Å². The molecule has 1 N–H and O–H groups in total. The molecule has 0 unspecified atom stereocenters. The van der Waals surface area contributed by atoms with Gasteiger partial charge >= 0.3 is 5.97 Å². The number of methoxy groups -OCH3 is 1. The first-order chi connectivity index (χ1) is 9.12. The number of hydrogen-bond acceptors (Lipinski definition) is 5. The van der Waals surface area contributed by atoms with E-state index in [0.717, 1.165) is 0 Å². The second-order valence-electron chi connectivity index (χ2n) is 3.84. The minimum atomic E-state index is -0.367. The molecule has 0 aliphatic carbocycles. The molecule has 6 heteroatoms. The fourth-order valence-corrected chi connectivity index (χ4v) is 1.58. The average molecular weight is 265 g/mol. The molecule has 0 aliphatic heterocycles. The van der Waals surface area contributed by atoms with Crippen molar-refractivity contribution in [1.29, 1.82) is 0 Å². The maximum absolute atomic E-state index is 12.1. The van der Waals surface area contributed by atoms with Crippen molar-refractivity contribution < 1.29 is 14.3 Å². The monoisotopic (exact) mass is 265 g/mol. The Hall–Kier alpha value is -2.11. The minimum Gasteiger partial charge on any atom is -0.468 e. The number of hydrogen-bond donors (Lipinski definition) is 1. The highest BCUT2D eigenvalue weighted by Gasteiger charge is 2.14. The molecule has 1 amide bonds. The van der Waals surface area contributed by atoms with Crippen LogP contribution < -0.4 is 5.32 Å². The van der Waals surface area contributed by atoms with E-state index in [0.29, 0.717) is 24.5 Å². The highest BCUT2D eigenvalue weighted by molar-refractivity contribution is 5.93. The molecule has 104 valence electrons.